The lowest BCUT2D eigenvalue weighted by atomic mass is 10.2. The zero-order valence-electron chi connectivity index (χ0n) is 10.00. The van der Waals surface area contributed by atoms with Crippen LogP contribution >= 0.6 is 0 Å². The van der Waals surface area contributed by atoms with E-state index in [4.69, 9.17) is 5.11 Å². The molecule has 0 amide bonds. The van der Waals surface area contributed by atoms with Crippen molar-refractivity contribution in [3.8, 4) is 5.75 Å². The van der Waals surface area contributed by atoms with Crippen molar-refractivity contribution in [2.45, 2.75) is 32.3 Å². The number of hydrogen-bond acceptors (Lipinski definition) is 3. The summed E-state index contributed by atoms with van der Waals surface area (Å²) in [6.07, 6.45) is -4.07. The van der Waals surface area contributed by atoms with Crippen LogP contribution in [0.2, 0.25) is 0 Å². The molecule has 1 unspecified atom stereocenters. The van der Waals surface area contributed by atoms with E-state index in [1.165, 1.54) is 18.2 Å². The smallest absolute Gasteiger partial charge is 0.406 e. The lowest BCUT2D eigenvalue weighted by molar-refractivity contribution is -0.274. The van der Waals surface area contributed by atoms with Gasteiger partial charge in [0.1, 0.15) is 5.75 Å². The Morgan fingerprint density at radius 2 is 2.11 bits per heavy atom. The second kappa shape index (κ2) is 6.61. The molecular formula is C12H16F3NO2. The monoisotopic (exact) mass is 263 g/mol. The molecule has 0 aliphatic carbocycles. The molecular weight excluding hydrogens is 247 g/mol. The Labute approximate surface area is 104 Å². The van der Waals surface area contributed by atoms with Gasteiger partial charge in [-0.2, -0.15) is 0 Å². The van der Waals surface area contributed by atoms with Gasteiger partial charge in [0, 0.05) is 19.2 Å². The maximum Gasteiger partial charge on any atom is 0.573 e. The molecule has 2 N–H and O–H groups in total. The van der Waals surface area contributed by atoms with E-state index in [2.05, 4.69) is 10.1 Å². The molecule has 0 bridgehead atoms. The van der Waals surface area contributed by atoms with E-state index in [1.807, 2.05) is 6.92 Å². The van der Waals surface area contributed by atoms with Crippen molar-refractivity contribution in [3.05, 3.63) is 29.8 Å². The van der Waals surface area contributed by atoms with E-state index < -0.39 is 6.36 Å². The van der Waals surface area contributed by atoms with Gasteiger partial charge in [0.15, 0.2) is 0 Å². The first kappa shape index (κ1) is 14.8. The molecule has 0 aliphatic rings. The number of benzene rings is 1. The Bertz CT molecular complexity index is 369. The summed E-state index contributed by atoms with van der Waals surface area (Å²) in [7, 11) is 0. The third-order valence-electron chi connectivity index (χ3n) is 2.35. The van der Waals surface area contributed by atoms with E-state index in [0.717, 1.165) is 0 Å². The number of ether oxygens (including phenoxy) is 1. The van der Waals surface area contributed by atoms with E-state index in [0.29, 0.717) is 18.5 Å². The summed E-state index contributed by atoms with van der Waals surface area (Å²) in [4.78, 5) is 0. The Morgan fingerprint density at radius 1 is 1.39 bits per heavy atom. The summed E-state index contributed by atoms with van der Waals surface area (Å²) in [5.41, 5.74) is 0.696. The highest BCUT2D eigenvalue weighted by Crippen LogP contribution is 2.23. The molecule has 1 aromatic carbocycles. The van der Waals surface area contributed by atoms with Gasteiger partial charge >= 0.3 is 6.36 Å². The fourth-order valence-electron chi connectivity index (χ4n) is 1.44. The van der Waals surface area contributed by atoms with Crippen molar-refractivity contribution < 1.29 is 23.0 Å². The molecule has 0 saturated carbocycles. The number of aliphatic hydroxyl groups is 1. The minimum Gasteiger partial charge on any atom is -0.406 e. The molecule has 0 fully saturated rings. The Balaban J connectivity index is 2.54. The summed E-state index contributed by atoms with van der Waals surface area (Å²) in [6.45, 7) is 2.40. The maximum atomic E-state index is 12.0. The standard InChI is InChI=1S/C12H16F3NO2/c1-9(5-6-17)16-8-10-3-2-4-11(7-10)18-12(13,14)15/h2-4,7,9,16-17H,5-6,8H2,1H3. The first-order valence-corrected chi connectivity index (χ1v) is 5.59. The van der Waals surface area contributed by atoms with E-state index in [1.54, 1.807) is 6.07 Å². The summed E-state index contributed by atoms with van der Waals surface area (Å²) in [5.74, 6) is -0.225. The molecule has 18 heavy (non-hydrogen) atoms. The predicted molar refractivity (Wildman–Crippen MR) is 61.1 cm³/mol. The molecule has 1 rings (SSSR count). The summed E-state index contributed by atoms with van der Waals surface area (Å²) in [5, 5.41) is 11.8. The van der Waals surface area contributed by atoms with Crippen molar-refractivity contribution in [3.63, 3.8) is 0 Å². The minimum absolute atomic E-state index is 0.0748. The van der Waals surface area contributed by atoms with Crippen LogP contribution in [0.25, 0.3) is 0 Å². The maximum absolute atomic E-state index is 12.0. The van der Waals surface area contributed by atoms with Gasteiger partial charge in [-0.3, -0.25) is 0 Å². The second-order valence-corrected chi connectivity index (χ2v) is 3.99. The van der Waals surface area contributed by atoms with Crippen LogP contribution < -0.4 is 10.1 Å². The molecule has 0 spiro atoms. The molecule has 0 radical (unpaired) electrons. The normalized spacial score (nSPS) is 13.4. The molecule has 0 aromatic heterocycles. The van der Waals surface area contributed by atoms with Crippen LogP contribution in [0.1, 0.15) is 18.9 Å². The van der Waals surface area contributed by atoms with Crippen LogP contribution in [0, 0.1) is 0 Å². The van der Waals surface area contributed by atoms with Crippen LogP contribution in [0.3, 0.4) is 0 Å². The van der Waals surface area contributed by atoms with Gasteiger partial charge in [0.25, 0.3) is 0 Å². The lowest BCUT2D eigenvalue weighted by Crippen LogP contribution is -2.26. The van der Waals surface area contributed by atoms with Gasteiger partial charge in [-0.05, 0) is 31.0 Å². The van der Waals surface area contributed by atoms with Crippen LogP contribution in [0.15, 0.2) is 24.3 Å². The number of halogens is 3. The molecule has 3 nitrogen and oxygen atoms in total. The summed E-state index contributed by atoms with van der Waals surface area (Å²) in [6, 6.07) is 5.92. The van der Waals surface area contributed by atoms with Gasteiger partial charge in [-0.1, -0.05) is 12.1 Å². The van der Waals surface area contributed by atoms with E-state index in [9.17, 15) is 13.2 Å². The highest BCUT2D eigenvalue weighted by atomic mass is 19.4. The molecule has 0 aliphatic heterocycles. The van der Waals surface area contributed by atoms with Crippen molar-refractivity contribution in [2.24, 2.45) is 0 Å². The molecule has 0 saturated heterocycles. The van der Waals surface area contributed by atoms with Crippen LogP contribution in [0.5, 0.6) is 5.75 Å². The number of hydrogen-bond donors (Lipinski definition) is 2. The molecule has 0 heterocycles. The Morgan fingerprint density at radius 3 is 2.72 bits per heavy atom. The van der Waals surface area contributed by atoms with E-state index >= 15 is 0 Å². The molecule has 1 atom stereocenters. The average Bonchev–Trinajstić information content (AvgIpc) is 2.25. The van der Waals surface area contributed by atoms with Crippen LogP contribution in [-0.2, 0) is 6.54 Å². The highest BCUT2D eigenvalue weighted by Gasteiger charge is 2.31. The Hall–Kier alpha value is -1.27. The SMILES string of the molecule is CC(CCO)NCc1cccc(OC(F)(F)F)c1. The minimum atomic E-state index is -4.67. The van der Waals surface area contributed by atoms with E-state index in [-0.39, 0.29) is 18.4 Å². The average molecular weight is 263 g/mol. The highest BCUT2D eigenvalue weighted by molar-refractivity contribution is 5.28. The molecule has 1 aromatic rings. The van der Waals surface area contributed by atoms with Crippen molar-refractivity contribution in [1.29, 1.82) is 0 Å². The molecule has 6 heteroatoms. The first-order valence-electron chi connectivity index (χ1n) is 5.59. The fraction of sp³-hybridized carbons (Fsp3) is 0.500. The fourth-order valence-corrected chi connectivity index (χ4v) is 1.44. The number of aliphatic hydroxyl groups excluding tert-OH is 1. The van der Waals surface area contributed by atoms with Crippen molar-refractivity contribution in [2.75, 3.05) is 6.61 Å². The predicted octanol–water partition coefficient (Wildman–Crippen LogP) is 2.45. The summed E-state index contributed by atoms with van der Waals surface area (Å²) >= 11 is 0. The third-order valence-corrected chi connectivity index (χ3v) is 2.35. The van der Waals surface area contributed by atoms with Gasteiger partial charge in [0.2, 0.25) is 0 Å². The van der Waals surface area contributed by atoms with Crippen molar-refractivity contribution in [1.82, 2.24) is 5.32 Å². The first-order chi connectivity index (χ1) is 8.40. The van der Waals surface area contributed by atoms with Crippen LogP contribution in [-0.4, -0.2) is 24.1 Å². The Kier molecular flexibility index (Phi) is 5.43. The van der Waals surface area contributed by atoms with Gasteiger partial charge in [-0.25, -0.2) is 0 Å². The largest absolute Gasteiger partial charge is 0.573 e. The number of nitrogens with one attached hydrogen (secondary N) is 1. The van der Waals surface area contributed by atoms with Gasteiger partial charge in [0.05, 0.1) is 0 Å². The van der Waals surface area contributed by atoms with Crippen molar-refractivity contribution >= 4 is 0 Å². The van der Waals surface area contributed by atoms with Gasteiger partial charge in [-0.15, -0.1) is 13.2 Å². The third kappa shape index (κ3) is 5.88. The topological polar surface area (TPSA) is 41.5 Å². The second-order valence-electron chi connectivity index (χ2n) is 3.99. The summed E-state index contributed by atoms with van der Waals surface area (Å²) < 4.78 is 39.9. The quantitative estimate of drug-likeness (QED) is 0.828. The number of alkyl halides is 3. The van der Waals surface area contributed by atoms with Gasteiger partial charge < -0.3 is 15.2 Å². The lowest BCUT2D eigenvalue weighted by Gasteiger charge is -2.13. The van der Waals surface area contributed by atoms with Crippen LogP contribution in [0.4, 0.5) is 13.2 Å². The molecule has 102 valence electrons. The number of rotatable bonds is 6. The zero-order valence-corrected chi connectivity index (χ0v) is 10.00. The zero-order chi connectivity index (χ0) is 13.6.